The molecule has 0 radical (unpaired) electrons. The lowest BCUT2D eigenvalue weighted by atomic mass is 10.0. The van der Waals surface area contributed by atoms with Gasteiger partial charge in [-0.2, -0.15) is 0 Å². The van der Waals surface area contributed by atoms with Crippen LogP contribution in [-0.2, 0) is 6.42 Å². The summed E-state index contributed by atoms with van der Waals surface area (Å²) in [6, 6.07) is 10.9. The average molecular weight is 332 g/mol. The summed E-state index contributed by atoms with van der Waals surface area (Å²) in [4.78, 5) is 0. The zero-order valence-electron chi connectivity index (χ0n) is 9.34. The molecule has 0 saturated carbocycles. The highest BCUT2D eigenvalue weighted by atomic mass is 79.9. The van der Waals surface area contributed by atoms with Gasteiger partial charge in [-0.25, -0.2) is 8.78 Å². The summed E-state index contributed by atoms with van der Waals surface area (Å²) in [6.45, 7) is 0. The molecule has 0 saturated heterocycles. The number of alkyl halides is 1. The third-order valence-corrected chi connectivity index (χ3v) is 3.47. The summed E-state index contributed by atoms with van der Waals surface area (Å²) in [5.41, 5.74) is 1.16. The fourth-order valence-corrected chi connectivity index (χ4v) is 2.51. The van der Waals surface area contributed by atoms with Crippen LogP contribution in [0.15, 0.2) is 46.9 Å². The van der Waals surface area contributed by atoms with Crippen molar-refractivity contribution in [1.82, 2.24) is 0 Å². The van der Waals surface area contributed by atoms with Gasteiger partial charge in [-0.3, -0.25) is 0 Å². The molecule has 0 nitrogen and oxygen atoms in total. The lowest BCUT2D eigenvalue weighted by molar-refractivity contribution is 0.605. The first-order chi connectivity index (χ1) is 8.56. The van der Waals surface area contributed by atoms with E-state index in [4.69, 9.17) is 11.6 Å². The molecule has 1 atom stereocenters. The second-order valence-corrected chi connectivity index (χ2v) is 5.41. The van der Waals surface area contributed by atoms with Crippen molar-refractivity contribution in [3.63, 3.8) is 0 Å². The van der Waals surface area contributed by atoms with Gasteiger partial charge < -0.3 is 0 Å². The van der Waals surface area contributed by atoms with E-state index >= 15 is 0 Å². The van der Waals surface area contributed by atoms with Crippen molar-refractivity contribution >= 4 is 27.5 Å². The van der Waals surface area contributed by atoms with Crippen LogP contribution in [0.3, 0.4) is 0 Å². The molecule has 0 heterocycles. The van der Waals surface area contributed by atoms with Gasteiger partial charge in [0.2, 0.25) is 0 Å². The minimum atomic E-state index is -0.464. The summed E-state index contributed by atoms with van der Waals surface area (Å²) in [5.74, 6) is -0.655. The highest BCUT2D eigenvalue weighted by Gasteiger charge is 2.13. The monoisotopic (exact) mass is 330 g/mol. The second kappa shape index (κ2) is 5.81. The van der Waals surface area contributed by atoms with Crippen molar-refractivity contribution in [1.29, 1.82) is 0 Å². The molecular formula is C14H10BrClF2. The summed E-state index contributed by atoms with van der Waals surface area (Å²) < 4.78 is 27.3. The maximum absolute atomic E-state index is 13.5. The molecule has 1 unspecified atom stereocenters. The Hall–Kier alpha value is -0.930. The molecule has 2 aromatic rings. The molecule has 0 aromatic heterocycles. The molecule has 94 valence electrons. The van der Waals surface area contributed by atoms with E-state index < -0.39 is 5.38 Å². The van der Waals surface area contributed by atoms with Crippen LogP contribution in [0, 0.1) is 11.6 Å². The highest BCUT2D eigenvalue weighted by Crippen LogP contribution is 2.28. The van der Waals surface area contributed by atoms with E-state index in [0.29, 0.717) is 22.0 Å². The van der Waals surface area contributed by atoms with E-state index in [1.54, 1.807) is 24.3 Å². The Morgan fingerprint density at radius 1 is 1.11 bits per heavy atom. The van der Waals surface area contributed by atoms with Crippen LogP contribution in [0.5, 0.6) is 0 Å². The second-order valence-electron chi connectivity index (χ2n) is 3.97. The van der Waals surface area contributed by atoms with E-state index in [2.05, 4.69) is 15.9 Å². The van der Waals surface area contributed by atoms with Crippen molar-refractivity contribution in [2.75, 3.05) is 0 Å². The smallest absolute Gasteiger partial charge is 0.126 e. The predicted octanol–water partition coefficient (Wildman–Crippen LogP) is 5.25. The predicted molar refractivity (Wildman–Crippen MR) is 72.8 cm³/mol. The van der Waals surface area contributed by atoms with Gasteiger partial charge in [0.15, 0.2) is 0 Å². The summed E-state index contributed by atoms with van der Waals surface area (Å²) in [7, 11) is 0. The van der Waals surface area contributed by atoms with Crippen LogP contribution >= 0.6 is 27.5 Å². The molecule has 0 aliphatic heterocycles. The van der Waals surface area contributed by atoms with Crippen molar-refractivity contribution in [2.45, 2.75) is 11.8 Å². The van der Waals surface area contributed by atoms with E-state index in [-0.39, 0.29) is 11.6 Å². The summed E-state index contributed by atoms with van der Waals surface area (Å²) >= 11 is 9.41. The summed E-state index contributed by atoms with van der Waals surface area (Å²) in [6.07, 6.45) is 0.324. The molecule has 0 N–H and O–H groups in total. The van der Waals surface area contributed by atoms with Crippen LogP contribution in [0.25, 0.3) is 0 Å². The first-order valence-corrected chi connectivity index (χ1v) is 6.62. The molecule has 0 spiro atoms. The topological polar surface area (TPSA) is 0 Å². The fourth-order valence-electron chi connectivity index (χ4n) is 1.73. The molecule has 0 aliphatic carbocycles. The van der Waals surface area contributed by atoms with Gasteiger partial charge in [0, 0.05) is 4.47 Å². The number of rotatable bonds is 3. The Kier molecular flexibility index (Phi) is 4.36. The zero-order chi connectivity index (χ0) is 13.1. The number of hydrogen-bond donors (Lipinski definition) is 0. The Morgan fingerprint density at radius 2 is 1.83 bits per heavy atom. The van der Waals surface area contributed by atoms with Gasteiger partial charge in [0.1, 0.15) is 11.6 Å². The quantitative estimate of drug-likeness (QED) is 0.674. The van der Waals surface area contributed by atoms with E-state index in [0.717, 1.165) is 0 Å². The van der Waals surface area contributed by atoms with Gasteiger partial charge in [-0.15, -0.1) is 11.6 Å². The lowest BCUT2D eigenvalue weighted by Crippen LogP contribution is -1.99. The number of benzene rings is 2. The number of hydrogen-bond acceptors (Lipinski definition) is 0. The minimum Gasteiger partial charge on any atom is -0.207 e. The molecule has 0 aliphatic rings. The van der Waals surface area contributed by atoms with Crippen molar-refractivity contribution in [3.05, 3.63) is 69.7 Å². The summed E-state index contributed by atoms with van der Waals surface area (Å²) in [5, 5.41) is -0.464. The van der Waals surface area contributed by atoms with E-state index in [9.17, 15) is 8.78 Å². The molecule has 4 heteroatoms. The van der Waals surface area contributed by atoms with Crippen molar-refractivity contribution in [3.8, 4) is 0 Å². The van der Waals surface area contributed by atoms with Gasteiger partial charge >= 0.3 is 0 Å². The molecule has 0 bridgehead atoms. The van der Waals surface area contributed by atoms with Gasteiger partial charge in [-0.1, -0.05) is 34.1 Å². The van der Waals surface area contributed by atoms with Gasteiger partial charge in [-0.05, 0) is 41.8 Å². The van der Waals surface area contributed by atoms with Crippen LogP contribution in [0.1, 0.15) is 16.5 Å². The molecule has 2 rings (SSSR count). The SMILES string of the molecule is Fc1cc(Br)cc(C(Cl)Cc2ccccc2F)c1. The maximum Gasteiger partial charge on any atom is 0.126 e. The van der Waals surface area contributed by atoms with E-state index in [1.807, 2.05) is 0 Å². The molecular weight excluding hydrogens is 322 g/mol. The number of halogens is 4. The maximum atomic E-state index is 13.5. The van der Waals surface area contributed by atoms with Crippen LogP contribution in [-0.4, -0.2) is 0 Å². The molecule has 0 amide bonds. The third kappa shape index (κ3) is 3.30. The molecule has 2 aromatic carbocycles. The first kappa shape index (κ1) is 13.5. The van der Waals surface area contributed by atoms with Gasteiger partial charge in [0.05, 0.1) is 5.38 Å². The Labute approximate surface area is 118 Å². The zero-order valence-corrected chi connectivity index (χ0v) is 11.7. The Morgan fingerprint density at radius 3 is 2.50 bits per heavy atom. The Bertz CT molecular complexity index is 537. The first-order valence-electron chi connectivity index (χ1n) is 5.40. The van der Waals surface area contributed by atoms with Crippen LogP contribution in [0.2, 0.25) is 0 Å². The Balaban J connectivity index is 2.22. The average Bonchev–Trinajstić information content (AvgIpc) is 2.31. The standard InChI is InChI=1S/C14H10BrClF2/c15-11-5-10(6-12(17)8-11)13(16)7-9-3-1-2-4-14(9)18/h1-6,8,13H,7H2. The fraction of sp³-hybridized carbons (Fsp3) is 0.143. The lowest BCUT2D eigenvalue weighted by Gasteiger charge is -2.11. The third-order valence-electron chi connectivity index (χ3n) is 2.60. The molecule has 18 heavy (non-hydrogen) atoms. The van der Waals surface area contributed by atoms with Crippen molar-refractivity contribution < 1.29 is 8.78 Å². The van der Waals surface area contributed by atoms with Gasteiger partial charge in [0.25, 0.3) is 0 Å². The van der Waals surface area contributed by atoms with Crippen LogP contribution in [0.4, 0.5) is 8.78 Å². The minimum absolute atomic E-state index is 0.293. The van der Waals surface area contributed by atoms with E-state index in [1.165, 1.54) is 18.2 Å². The van der Waals surface area contributed by atoms with Crippen molar-refractivity contribution in [2.24, 2.45) is 0 Å². The van der Waals surface area contributed by atoms with Crippen LogP contribution < -0.4 is 0 Å². The normalized spacial score (nSPS) is 12.4. The largest absolute Gasteiger partial charge is 0.207 e. The molecule has 0 fully saturated rings. The highest BCUT2D eigenvalue weighted by molar-refractivity contribution is 9.10.